The fourth-order valence-electron chi connectivity index (χ4n) is 0. The summed E-state index contributed by atoms with van der Waals surface area (Å²) in [5.74, 6) is 0. The maximum absolute atomic E-state index is 10.4. The van der Waals surface area contributed by atoms with Crippen LogP contribution in [0.3, 0.4) is 0 Å². The number of hydrogen-bond acceptors (Lipinski definition) is 7. The van der Waals surface area contributed by atoms with Gasteiger partial charge in [-0.05, 0) is 0 Å². The molecule has 31 heteroatoms. The van der Waals surface area contributed by atoms with Gasteiger partial charge in [0.25, 0.3) is 0 Å². The van der Waals surface area contributed by atoms with Gasteiger partial charge in [0.05, 0.1) is 0 Å². The van der Waals surface area contributed by atoms with Crippen molar-refractivity contribution >= 4 is 121 Å². The summed E-state index contributed by atoms with van der Waals surface area (Å²) in [5, 5.41) is 6.50. The van der Waals surface area contributed by atoms with E-state index in [1.807, 2.05) is 0 Å². The van der Waals surface area contributed by atoms with Crippen LogP contribution in [0.5, 0.6) is 0 Å². The van der Waals surface area contributed by atoms with Gasteiger partial charge in [0.2, 0.25) is 0 Å². The minimum atomic E-state index is -5.85. The van der Waals surface area contributed by atoms with Gasteiger partial charge >= 0.3 is 197 Å². The van der Waals surface area contributed by atoms with Crippen molar-refractivity contribution < 1.29 is 75.6 Å². The molecule has 0 spiro atoms. The summed E-state index contributed by atoms with van der Waals surface area (Å²) in [6.07, 6.45) is 0. The maximum atomic E-state index is 10.4. The van der Waals surface area contributed by atoms with E-state index in [1.54, 1.807) is 0 Å². The van der Waals surface area contributed by atoms with Crippen molar-refractivity contribution in [3.8, 4) is 6.57 Å². The summed E-state index contributed by atoms with van der Waals surface area (Å²) >= 11 is -35.1. The molecule has 0 rings (SSSR count). The fraction of sp³-hybridized carbons (Fsp3) is 0. The van der Waals surface area contributed by atoms with Crippen LogP contribution in [0.15, 0.2) is 0 Å². The molecule has 0 radical (unpaired) electrons. The third-order valence-corrected chi connectivity index (χ3v) is 0. The van der Waals surface area contributed by atoms with Crippen molar-refractivity contribution in [3.63, 3.8) is 0 Å². The molecule has 0 saturated heterocycles. The van der Waals surface area contributed by atoms with Crippen LogP contribution in [0.4, 0.5) is 16.9 Å². The van der Waals surface area contributed by atoms with Gasteiger partial charge in [-0.2, -0.15) is 0 Å². The summed E-state index contributed by atoms with van der Waals surface area (Å²) in [7, 11) is 0. The van der Waals surface area contributed by atoms with Crippen molar-refractivity contribution in [2.75, 3.05) is 0 Å². The average Bonchev–Trinajstić information content (AvgIpc) is 2.14. The minimum absolute atomic E-state index is 3.50. The quantitative estimate of drug-likeness (QED) is 0.0792. The number of nitrogens with zero attached hydrogens (tertiary/aromatic N) is 1. The molecule has 0 aromatic heterocycles. The Labute approximate surface area is 205 Å². The topological polar surface area (TPSA) is 369 Å². The second-order valence-corrected chi connectivity index (χ2v) is 19.0. The summed E-state index contributed by atoms with van der Waals surface area (Å²) in [4.78, 5) is 0. The fourth-order valence-corrected chi connectivity index (χ4v) is 0. The predicted octanol–water partition coefficient (Wildman–Crippen LogP) is -7.02. The molecule has 0 aliphatic heterocycles. The van der Waals surface area contributed by atoms with Crippen LogP contribution in [0.1, 0.15) is 0 Å². The first-order valence-corrected chi connectivity index (χ1v) is 30.5. The number of hydrogen-bond donors (Lipinski definition) is 12. The third-order valence-electron chi connectivity index (χ3n) is 0. The molecule has 0 atom stereocenters. The van der Waals surface area contributed by atoms with Gasteiger partial charge < -0.3 is 0 Å². The zero-order chi connectivity index (χ0) is 29.0. The van der Waals surface area contributed by atoms with E-state index in [9.17, 15) is 16.9 Å². The summed E-state index contributed by atoms with van der Waals surface area (Å²) in [6.45, 7) is 3.50. The van der Waals surface area contributed by atoms with E-state index in [0.29, 0.717) is 0 Å². The zero-order valence-electron chi connectivity index (χ0n) is 13.8. The standard InChI is InChI=1S/CHN.6FH.12H2O.6O.6Sb/c1-2;;;;;;;;;;;;;;;;;;;;;;;;;;;;;;/h1H;6*1H;12*1H2;;;;;;;;;;;;/q;;;;;;;;;;;;;;;;;;;;;;;;;6*+3/p-18. The molecule has 0 bridgehead atoms. The van der Waals surface area contributed by atoms with Gasteiger partial charge in [0.15, 0.2) is 0 Å². The van der Waals surface area contributed by atoms with Gasteiger partial charge in [-0.1, -0.05) is 0 Å². The van der Waals surface area contributed by atoms with Crippen LogP contribution in [0, 0.1) is 11.8 Å². The van der Waals surface area contributed by atoms with E-state index in [-0.39, 0.29) is 0 Å². The Morgan fingerprint density at radius 3 is 0.344 bits per heavy atom. The normalized spacial score (nSPS) is 11.1. The molecule has 0 aromatic carbocycles. The predicted molar refractivity (Wildman–Crippen MR) is 78.6 cm³/mol. The molecule has 12 N–H and O–H groups in total. The SMILES string of the molecule is C#N.[O]=[Sb]([OH])([OH])[F].[O]=[Sb]([OH])([OH])[F].[O]=[Sb]([OH])([OH])[F].[O]=[Sb]([OH])([OH])[F].[O]=[Sb]([OH])([OH])[F].[O]=[Sb]([OH])([OH])[F]. The molecule has 202 valence electrons. The summed E-state index contributed by atoms with van der Waals surface area (Å²) < 4.78 is 200. The van der Waals surface area contributed by atoms with Crippen LogP contribution in [-0.2, 0) is 18.1 Å². The Morgan fingerprint density at radius 2 is 0.344 bits per heavy atom. The van der Waals surface area contributed by atoms with Crippen LogP contribution in [0.25, 0.3) is 0 Å². The van der Waals surface area contributed by atoms with E-state index in [1.165, 1.54) is 0 Å². The van der Waals surface area contributed by atoms with Crippen molar-refractivity contribution in [2.45, 2.75) is 0 Å². The molecular weight excluding hydrogens is 1160 g/mol. The number of rotatable bonds is 0. The van der Waals surface area contributed by atoms with Crippen LogP contribution in [0.2, 0.25) is 0 Å². The van der Waals surface area contributed by atoms with Crippen molar-refractivity contribution in [1.29, 1.82) is 5.26 Å². The van der Waals surface area contributed by atoms with Crippen molar-refractivity contribution in [1.82, 2.24) is 0 Å². The summed E-state index contributed by atoms with van der Waals surface area (Å²) in [5.41, 5.74) is 0. The molecule has 0 aromatic rings. The van der Waals surface area contributed by atoms with E-state index in [4.69, 9.17) is 64.0 Å². The molecule has 32 heavy (non-hydrogen) atoms. The first kappa shape index (κ1) is 51.0. The Kier molecular flexibility index (Phi) is 37.8. The first-order chi connectivity index (χ1) is 13.0. The van der Waals surface area contributed by atoms with E-state index >= 15 is 0 Å². The Morgan fingerprint density at radius 1 is 0.344 bits per heavy atom. The second-order valence-electron chi connectivity index (χ2n) is 2.84. The monoisotopic (exact) mass is 1170 g/mol. The van der Waals surface area contributed by atoms with Gasteiger partial charge in [0.1, 0.15) is 0 Å². The molecule has 0 fully saturated rings. The third kappa shape index (κ3) is 5990. The molecule has 0 heterocycles. The molecular formula is CH13F6NO18Sb6. The zero-order valence-corrected chi connectivity index (χ0v) is 29.1. The Balaban J connectivity index is -0.0000000461. The van der Waals surface area contributed by atoms with Crippen molar-refractivity contribution in [2.24, 2.45) is 0 Å². The number of halogens is 6. The first-order valence-electron chi connectivity index (χ1n) is 4.77. The molecule has 19 nitrogen and oxygen atoms in total. The molecule has 0 amide bonds. The van der Waals surface area contributed by atoms with E-state index in [0.717, 1.165) is 0 Å². The van der Waals surface area contributed by atoms with Crippen molar-refractivity contribution in [3.05, 3.63) is 0 Å². The molecule has 0 aliphatic rings. The average molecular weight is 1170 g/mol. The van der Waals surface area contributed by atoms with E-state index < -0.39 is 121 Å². The molecule has 0 aliphatic carbocycles. The van der Waals surface area contributed by atoms with Crippen LogP contribution >= 0.6 is 0 Å². The molecule has 0 saturated carbocycles. The van der Waals surface area contributed by atoms with Gasteiger partial charge in [-0.25, -0.2) is 5.26 Å². The molecule has 0 unspecified atom stereocenters. The summed E-state index contributed by atoms with van der Waals surface area (Å²) in [6, 6.07) is 0. The van der Waals surface area contributed by atoms with Gasteiger partial charge in [0, 0.05) is 6.57 Å². The number of nitriles is 1. The van der Waals surface area contributed by atoms with Crippen LogP contribution < -0.4 is 0 Å². The van der Waals surface area contributed by atoms with E-state index in [2.05, 4.69) is 6.57 Å². The second kappa shape index (κ2) is 23.7. The van der Waals surface area contributed by atoms with Gasteiger partial charge in [-0.3, -0.25) is 0 Å². The Bertz CT molecular complexity index is 526. The van der Waals surface area contributed by atoms with Gasteiger partial charge in [-0.15, -0.1) is 0 Å². The Hall–Kier alpha value is 2.30. The van der Waals surface area contributed by atoms with Crippen LogP contribution in [-0.4, -0.2) is 162 Å².